The Morgan fingerprint density at radius 1 is 1.59 bits per heavy atom. The molecular formula is C11H20N2O3S. The van der Waals surface area contributed by atoms with Gasteiger partial charge in [0.15, 0.2) is 0 Å². The summed E-state index contributed by atoms with van der Waals surface area (Å²) in [5, 5.41) is 14.8. The molecule has 1 amide bonds. The molecule has 1 aliphatic rings. The number of rotatable bonds is 6. The van der Waals surface area contributed by atoms with Crippen LogP contribution in [-0.4, -0.2) is 48.1 Å². The van der Waals surface area contributed by atoms with E-state index in [1.807, 2.05) is 6.26 Å². The largest absolute Gasteiger partial charge is 0.480 e. The summed E-state index contributed by atoms with van der Waals surface area (Å²) in [4.78, 5) is 22.8. The highest BCUT2D eigenvalue weighted by Crippen LogP contribution is 2.11. The van der Waals surface area contributed by atoms with Crippen molar-refractivity contribution in [2.24, 2.45) is 5.92 Å². The van der Waals surface area contributed by atoms with E-state index in [1.165, 1.54) is 0 Å². The first-order valence-electron chi connectivity index (χ1n) is 5.88. The molecule has 1 fully saturated rings. The first-order chi connectivity index (χ1) is 8.15. The van der Waals surface area contributed by atoms with Crippen LogP contribution in [0, 0.1) is 5.92 Å². The van der Waals surface area contributed by atoms with Gasteiger partial charge in [0, 0.05) is 6.54 Å². The van der Waals surface area contributed by atoms with Gasteiger partial charge in [-0.2, -0.15) is 11.8 Å². The minimum atomic E-state index is -0.948. The van der Waals surface area contributed by atoms with Crippen LogP contribution in [0.2, 0.25) is 0 Å². The Hall–Kier alpha value is -0.750. The second kappa shape index (κ2) is 7.55. The predicted molar refractivity (Wildman–Crippen MR) is 68.2 cm³/mol. The number of carbonyl (C=O) groups is 2. The van der Waals surface area contributed by atoms with Crippen molar-refractivity contribution in [3.63, 3.8) is 0 Å². The van der Waals surface area contributed by atoms with Crippen LogP contribution in [0.4, 0.5) is 0 Å². The molecule has 0 aromatic heterocycles. The Labute approximate surface area is 106 Å². The molecular weight excluding hydrogens is 240 g/mol. The number of hydrogen-bond donors (Lipinski definition) is 3. The van der Waals surface area contributed by atoms with E-state index in [-0.39, 0.29) is 11.8 Å². The maximum Gasteiger partial charge on any atom is 0.326 e. The van der Waals surface area contributed by atoms with E-state index in [0.29, 0.717) is 13.0 Å². The Bertz CT molecular complexity index is 267. The highest BCUT2D eigenvalue weighted by atomic mass is 32.2. The molecule has 0 spiro atoms. The van der Waals surface area contributed by atoms with E-state index in [9.17, 15) is 9.59 Å². The van der Waals surface area contributed by atoms with Gasteiger partial charge < -0.3 is 15.7 Å². The summed E-state index contributed by atoms with van der Waals surface area (Å²) in [6.45, 7) is 1.60. The van der Waals surface area contributed by atoms with Crippen LogP contribution >= 0.6 is 11.8 Å². The summed E-state index contributed by atoms with van der Waals surface area (Å²) < 4.78 is 0. The average molecular weight is 260 g/mol. The fraction of sp³-hybridized carbons (Fsp3) is 0.818. The molecule has 1 heterocycles. The molecule has 0 aromatic rings. The number of carbonyl (C=O) groups excluding carboxylic acids is 1. The molecule has 3 N–H and O–H groups in total. The van der Waals surface area contributed by atoms with Crippen molar-refractivity contribution >= 4 is 23.6 Å². The number of carboxylic acid groups (broad SMARTS) is 1. The molecule has 0 aliphatic carbocycles. The Morgan fingerprint density at radius 3 is 2.88 bits per heavy atom. The summed E-state index contributed by atoms with van der Waals surface area (Å²) in [7, 11) is 0. The molecule has 1 rings (SSSR count). The van der Waals surface area contributed by atoms with Gasteiger partial charge in [0.2, 0.25) is 5.91 Å². The lowest BCUT2D eigenvalue weighted by Crippen LogP contribution is -2.47. The standard InChI is InChI=1S/C11H20N2O3S/c1-17-6-4-9(11(15)16)13-10(14)8-3-2-5-12-7-8/h8-9,12H,2-7H2,1H3,(H,13,14)(H,15,16)/t8?,9-/m1/s1. The van der Waals surface area contributed by atoms with Crippen LogP contribution in [0.3, 0.4) is 0 Å². The second-order valence-corrected chi connectivity index (χ2v) is 5.21. The molecule has 0 saturated carbocycles. The van der Waals surface area contributed by atoms with Crippen molar-refractivity contribution in [3.05, 3.63) is 0 Å². The Balaban J connectivity index is 2.42. The Kier molecular flexibility index (Phi) is 6.36. The third-order valence-corrected chi connectivity index (χ3v) is 3.54. The zero-order valence-corrected chi connectivity index (χ0v) is 10.9. The van der Waals surface area contributed by atoms with Crippen molar-refractivity contribution in [1.29, 1.82) is 0 Å². The molecule has 1 saturated heterocycles. The summed E-state index contributed by atoms with van der Waals surface area (Å²) in [5.41, 5.74) is 0. The number of nitrogens with one attached hydrogen (secondary N) is 2. The van der Waals surface area contributed by atoms with Gasteiger partial charge in [0.1, 0.15) is 6.04 Å². The predicted octanol–water partition coefficient (Wildman–Crippen LogP) is 0.309. The van der Waals surface area contributed by atoms with Crippen LogP contribution in [-0.2, 0) is 9.59 Å². The van der Waals surface area contributed by atoms with Gasteiger partial charge in [0.05, 0.1) is 5.92 Å². The van der Waals surface area contributed by atoms with Gasteiger partial charge in [-0.25, -0.2) is 4.79 Å². The molecule has 98 valence electrons. The third kappa shape index (κ3) is 4.95. The van der Waals surface area contributed by atoms with Crippen LogP contribution < -0.4 is 10.6 Å². The first-order valence-corrected chi connectivity index (χ1v) is 7.27. The number of aliphatic carboxylic acids is 1. The van der Waals surface area contributed by atoms with E-state index in [2.05, 4.69) is 10.6 Å². The molecule has 0 bridgehead atoms. The fourth-order valence-electron chi connectivity index (χ4n) is 1.86. The quantitative estimate of drug-likeness (QED) is 0.640. The number of carboxylic acids is 1. The summed E-state index contributed by atoms with van der Waals surface area (Å²) in [6.07, 6.45) is 4.21. The highest BCUT2D eigenvalue weighted by molar-refractivity contribution is 7.98. The monoisotopic (exact) mass is 260 g/mol. The molecule has 0 radical (unpaired) electrons. The van der Waals surface area contributed by atoms with Gasteiger partial charge in [-0.15, -0.1) is 0 Å². The lowest BCUT2D eigenvalue weighted by molar-refractivity contribution is -0.142. The van der Waals surface area contributed by atoms with Crippen LogP contribution in [0.5, 0.6) is 0 Å². The van der Waals surface area contributed by atoms with Gasteiger partial charge in [-0.05, 0) is 37.8 Å². The molecule has 0 aromatic carbocycles. The molecule has 1 unspecified atom stereocenters. The fourth-order valence-corrected chi connectivity index (χ4v) is 2.33. The normalized spacial score (nSPS) is 21.8. The summed E-state index contributed by atoms with van der Waals surface area (Å²) in [6, 6.07) is -0.753. The SMILES string of the molecule is CSCC[C@@H](NC(=O)C1CCCNC1)C(=O)O. The lowest BCUT2D eigenvalue weighted by atomic mass is 9.98. The minimum absolute atomic E-state index is 0.0834. The van der Waals surface area contributed by atoms with E-state index in [4.69, 9.17) is 5.11 Å². The van der Waals surface area contributed by atoms with Crippen molar-refractivity contribution in [1.82, 2.24) is 10.6 Å². The molecule has 6 heteroatoms. The third-order valence-electron chi connectivity index (χ3n) is 2.89. The van der Waals surface area contributed by atoms with Crippen LogP contribution in [0.25, 0.3) is 0 Å². The van der Waals surface area contributed by atoms with Gasteiger partial charge in [0.25, 0.3) is 0 Å². The number of piperidine rings is 1. The van der Waals surface area contributed by atoms with E-state index in [0.717, 1.165) is 25.1 Å². The maximum atomic E-state index is 11.9. The molecule has 17 heavy (non-hydrogen) atoms. The zero-order chi connectivity index (χ0) is 12.7. The lowest BCUT2D eigenvalue weighted by Gasteiger charge is -2.23. The van der Waals surface area contributed by atoms with Crippen molar-refractivity contribution < 1.29 is 14.7 Å². The number of amides is 1. The number of hydrogen-bond acceptors (Lipinski definition) is 4. The van der Waals surface area contributed by atoms with Crippen molar-refractivity contribution in [3.8, 4) is 0 Å². The molecule has 1 aliphatic heterocycles. The molecule has 2 atom stereocenters. The minimum Gasteiger partial charge on any atom is -0.480 e. The van der Waals surface area contributed by atoms with E-state index < -0.39 is 12.0 Å². The first kappa shape index (κ1) is 14.3. The smallest absolute Gasteiger partial charge is 0.326 e. The van der Waals surface area contributed by atoms with Gasteiger partial charge in [-0.1, -0.05) is 0 Å². The van der Waals surface area contributed by atoms with Crippen LogP contribution in [0.1, 0.15) is 19.3 Å². The van der Waals surface area contributed by atoms with Gasteiger partial charge >= 0.3 is 5.97 Å². The summed E-state index contributed by atoms with van der Waals surface area (Å²) >= 11 is 1.58. The highest BCUT2D eigenvalue weighted by Gasteiger charge is 2.25. The van der Waals surface area contributed by atoms with Crippen molar-refractivity contribution in [2.75, 3.05) is 25.1 Å². The number of thioether (sulfide) groups is 1. The Morgan fingerprint density at radius 2 is 2.35 bits per heavy atom. The van der Waals surface area contributed by atoms with E-state index >= 15 is 0 Å². The zero-order valence-electron chi connectivity index (χ0n) is 10.1. The maximum absolute atomic E-state index is 11.9. The molecule has 5 nitrogen and oxygen atoms in total. The van der Waals surface area contributed by atoms with Gasteiger partial charge in [-0.3, -0.25) is 4.79 Å². The topological polar surface area (TPSA) is 78.4 Å². The van der Waals surface area contributed by atoms with E-state index in [1.54, 1.807) is 11.8 Å². The summed E-state index contributed by atoms with van der Waals surface area (Å²) in [5.74, 6) is -0.429. The van der Waals surface area contributed by atoms with Crippen molar-refractivity contribution in [2.45, 2.75) is 25.3 Å². The van der Waals surface area contributed by atoms with Crippen LogP contribution in [0.15, 0.2) is 0 Å². The second-order valence-electron chi connectivity index (χ2n) is 4.22. The average Bonchev–Trinajstić information content (AvgIpc) is 2.35.